The van der Waals surface area contributed by atoms with Gasteiger partial charge in [-0.1, -0.05) is 24.3 Å². The van der Waals surface area contributed by atoms with Crippen molar-refractivity contribution in [1.29, 1.82) is 0 Å². The maximum atomic E-state index is 10.9. The van der Waals surface area contributed by atoms with Gasteiger partial charge >= 0.3 is 6.16 Å². The van der Waals surface area contributed by atoms with Crippen molar-refractivity contribution in [3.63, 3.8) is 0 Å². The second kappa shape index (κ2) is 8.94. The van der Waals surface area contributed by atoms with Crippen LogP contribution in [0.2, 0.25) is 0 Å². The Morgan fingerprint density at radius 3 is 1.62 bits per heavy atom. The lowest BCUT2D eigenvalue weighted by Gasteiger charge is -2.07. The third-order valence-corrected chi connectivity index (χ3v) is 1.22. The minimum Gasteiger partial charge on any atom is -0.407 e. The highest BCUT2D eigenvalue weighted by molar-refractivity contribution is 5.59. The van der Waals surface area contributed by atoms with Gasteiger partial charge in [0, 0.05) is 0 Å². The molecule has 5 heteroatoms. The highest BCUT2D eigenvalue weighted by atomic mass is 16.8. The number of carbonyl (C=O) groups excluding carboxylic acids is 1. The number of rotatable bonds is 8. The smallest absolute Gasteiger partial charge is 0.407 e. The third-order valence-electron chi connectivity index (χ3n) is 1.22. The summed E-state index contributed by atoms with van der Waals surface area (Å²) < 4.78 is 19.0. The normalized spacial score (nSPS) is 9.62. The van der Waals surface area contributed by atoms with Gasteiger partial charge in [0.15, 0.2) is 13.6 Å². The van der Waals surface area contributed by atoms with E-state index in [-0.39, 0.29) is 13.6 Å². The van der Waals surface area contributed by atoms with Crippen molar-refractivity contribution < 1.29 is 23.7 Å². The SMILES string of the molecule is C=C(C)COCOC(=O)OCOCC(=C)C. The molecule has 0 heterocycles. The molecule has 0 amide bonds. The fourth-order valence-corrected chi connectivity index (χ4v) is 0.653. The van der Waals surface area contributed by atoms with Crippen molar-refractivity contribution in [3.8, 4) is 0 Å². The van der Waals surface area contributed by atoms with Crippen LogP contribution in [0.3, 0.4) is 0 Å². The van der Waals surface area contributed by atoms with Gasteiger partial charge in [0.2, 0.25) is 0 Å². The van der Waals surface area contributed by atoms with Crippen LogP contribution in [0, 0.1) is 0 Å². The Kier molecular flexibility index (Phi) is 8.19. The molecule has 0 saturated carbocycles. The molecule has 0 unspecified atom stereocenters. The topological polar surface area (TPSA) is 54.0 Å². The fourth-order valence-electron chi connectivity index (χ4n) is 0.653. The molecular formula is C11H18O5. The van der Waals surface area contributed by atoms with Crippen LogP contribution in [-0.4, -0.2) is 33.0 Å². The molecule has 0 fully saturated rings. The number of hydrogen-bond donors (Lipinski definition) is 0. The summed E-state index contributed by atoms with van der Waals surface area (Å²) in [6.45, 7) is 11.2. The molecule has 0 saturated heterocycles. The Morgan fingerprint density at radius 2 is 1.31 bits per heavy atom. The summed E-state index contributed by atoms with van der Waals surface area (Å²) >= 11 is 0. The van der Waals surface area contributed by atoms with Gasteiger partial charge in [0.25, 0.3) is 0 Å². The Hall–Kier alpha value is -1.33. The van der Waals surface area contributed by atoms with E-state index in [2.05, 4.69) is 22.6 Å². The molecule has 0 aromatic carbocycles. The molecule has 0 aromatic heterocycles. The maximum absolute atomic E-state index is 10.9. The number of ether oxygens (including phenoxy) is 4. The van der Waals surface area contributed by atoms with Gasteiger partial charge in [-0.2, -0.15) is 0 Å². The molecule has 0 rings (SSSR count). The van der Waals surface area contributed by atoms with Crippen LogP contribution in [0.4, 0.5) is 4.79 Å². The Bertz CT molecular complexity index is 223. The van der Waals surface area contributed by atoms with Crippen molar-refractivity contribution in [2.24, 2.45) is 0 Å². The van der Waals surface area contributed by atoms with Crippen molar-refractivity contribution in [2.75, 3.05) is 26.8 Å². The zero-order valence-electron chi connectivity index (χ0n) is 9.78. The van der Waals surface area contributed by atoms with Gasteiger partial charge in [-0.15, -0.1) is 0 Å². The van der Waals surface area contributed by atoms with E-state index in [4.69, 9.17) is 9.47 Å². The first-order valence-electron chi connectivity index (χ1n) is 4.76. The molecule has 5 nitrogen and oxygen atoms in total. The van der Waals surface area contributed by atoms with Crippen LogP contribution in [0.5, 0.6) is 0 Å². The van der Waals surface area contributed by atoms with E-state index in [1.165, 1.54) is 0 Å². The van der Waals surface area contributed by atoms with E-state index < -0.39 is 6.16 Å². The maximum Gasteiger partial charge on any atom is 0.512 e. The van der Waals surface area contributed by atoms with Gasteiger partial charge in [-0.05, 0) is 13.8 Å². The lowest BCUT2D eigenvalue weighted by molar-refractivity contribution is -0.0738. The first-order valence-corrected chi connectivity index (χ1v) is 4.76. The number of carbonyl (C=O) groups is 1. The van der Waals surface area contributed by atoms with Crippen molar-refractivity contribution >= 4 is 6.16 Å². The largest absolute Gasteiger partial charge is 0.512 e. The standard InChI is InChI=1S/C11H18O5/c1-9(2)5-13-7-15-11(12)16-8-14-6-10(3)4/h1,3,5-8H2,2,4H3. The predicted octanol–water partition coefficient (Wildman–Crippen LogP) is 2.24. The first kappa shape index (κ1) is 14.7. The lowest BCUT2D eigenvalue weighted by Crippen LogP contribution is -2.13. The summed E-state index contributed by atoms with van der Waals surface area (Å²) in [7, 11) is 0. The molecule has 0 aliphatic carbocycles. The molecule has 0 radical (unpaired) electrons. The Balaban J connectivity index is 3.31. The molecule has 92 valence electrons. The average Bonchev–Trinajstić information content (AvgIpc) is 2.19. The van der Waals surface area contributed by atoms with Crippen molar-refractivity contribution in [1.82, 2.24) is 0 Å². The highest BCUT2D eigenvalue weighted by Gasteiger charge is 2.02. The van der Waals surface area contributed by atoms with Gasteiger partial charge in [-0.3, -0.25) is 0 Å². The summed E-state index contributed by atoms with van der Waals surface area (Å²) in [5, 5.41) is 0. The lowest BCUT2D eigenvalue weighted by atomic mass is 10.4. The minimum atomic E-state index is -0.830. The average molecular weight is 230 g/mol. The van der Waals surface area contributed by atoms with E-state index in [1.54, 1.807) is 0 Å². The quantitative estimate of drug-likeness (QED) is 0.277. The highest BCUT2D eigenvalue weighted by Crippen LogP contribution is 1.93. The minimum absolute atomic E-state index is 0.161. The van der Waals surface area contributed by atoms with Gasteiger partial charge < -0.3 is 18.9 Å². The molecule has 0 bridgehead atoms. The van der Waals surface area contributed by atoms with Crippen molar-refractivity contribution in [3.05, 3.63) is 24.3 Å². The van der Waals surface area contributed by atoms with E-state index in [9.17, 15) is 4.79 Å². The summed E-state index contributed by atoms with van der Waals surface area (Å²) in [6.07, 6.45) is -0.830. The summed E-state index contributed by atoms with van der Waals surface area (Å²) in [5.74, 6) is 0. The Morgan fingerprint density at radius 1 is 0.938 bits per heavy atom. The molecule has 0 aromatic rings. The van der Waals surface area contributed by atoms with Crippen LogP contribution >= 0.6 is 0 Å². The van der Waals surface area contributed by atoms with Crippen LogP contribution in [-0.2, 0) is 18.9 Å². The number of hydrogen-bond acceptors (Lipinski definition) is 5. The van der Waals surface area contributed by atoms with Crippen LogP contribution in [0.25, 0.3) is 0 Å². The molecule has 0 atom stereocenters. The van der Waals surface area contributed by atoms with Crippen molar-refractivity contribution in [2.45, 2.75) is 13.8 Å². The second-order valence-electron chi connectivity index (χ2n) is 3.39. The summed E-state index contributed by atoms with van der Waals surface area (Å²) in [6, 6.07) is 0. The van der Waals surface area contributed by atoms with Crippen LogP contribution in [0.1, 0.15) is 13.8 Å². The zero-order valence-corrected chi connectivity index (χ0v) is 9.78. The molecule has 0 aliphatic rings. The molecule has 0 spiro atoms. The van der Waals surface area contributed by atoms with E-state index in [0.717, 1.165) is 11.1 Å². The van der Waals surface area contributed by atoms with Gasteiger partial charge in [0.1, 0.15) is 0 Å². The second-order valence-corrected chi connectivity index (χ2v) is 3.39. The van der Waals surface area contributed by atoms with Gasteiger partial charge in [-0.25, -0.2) is 4.79 Å². The van der Waals surface area contributed by atoms with E-state index in [0.29, 0.717) is 13.2 Å². The first-order chi connectivity index (χ1) is 7.52. The predicted molar refractivity (Wildman–Crippen MR) is 58.8 cm³/mol. The molecular weight excluding hydrogens is 212 g/mol. The summed E-state index contributed by atoms with van der Waals surface area (Å²) in [5.41, 5.74) is 1.70. The van der Waals surface area contributed by atoms with E-state index >= 15 is 0 Å². The van der Waals surface area contributed by atoms with E-state index in [1.807, 2.05) is 13.8 Å². The molecule has 16 heavy (non-hydrogen) atoms. The van der Waals surface area contributed by atoms with Crippen LogP contribution < -0.4 is 0 Å². The fraction of sp³-hybridized carbons (Fsp3) is 0.545. The van der Waals surface area contributed by atoms with Crippen LogP contribution in [0.15, 0.2) is 24.3 Å². The molecule has 0 aliphatic heterocycles. The monoisotopic (exact) mass is 230 g/mol. The third kappa shape index (κ3) is 10.7. The Labute approximate surface area is 95.6 Å². The molecule has 0 N–H and O–H groups in total. The van der Waals surface area contributed by atoms with Gasteiger partial charge in [0.05, 0.1) is 13.2 Å². The summed E-state index contributed by atoms with van der Waals surface area (Å²) in [4.78, 5) is 10.9. The zero-order chi connectivity index (χ0) is 12.4.